The molecule has 2 aromatic carbocycles. The van der Waals surface area contributed by atoms with Gasteiger partial charge in [-0.3, -0.25) is 4.79 Å². The zero-order valence-electron chi connectivity index (χ0n) is 13.3. The van der Waals surface area contributed by atoms with E-state index in [-0.39, 0.29) is 5.91 Å². The second-order valence-corrected chi connectivity index (χ2v) is 5.07. The molecule has 5 nitrogen and oxygen atoms in total. The van der Waals surface area contributed by atoms with E-state index in [9.17, 15) is 9.90 Å². The van der Waals surface area contributed by atoms with Crippen molar-refractivity contribution in [3.05, 3.63) is 59.7 Å². The van der Waals surface area contributed by atoms with Crippen LogP contribution in [-0.4, -0.2) is 31.8 Å². The minimum absolute atomic E-state index is 0.234. The molecule has 0 bridgehead atoms. The highest BCUT2D eigenvalue weighted by atomic mass is 16.5. The molecule has 122 valence electrons. The number of hydrogen-bond donors (Lipinski definition) is 2. The summed E-state index contributed by atoms with van der Waals surface area (Å²) in [6.07, 6.45) is -0.159. The average Bonchev–Trinajstić information content (AvgIpc) is 2.61. The Balaban J connectivity index is 1.92. The molecular formula is C18H21NO4. The molecule has 0 aliphatic carbocycles. The van der Waals surface area contributed by atoms with Gasteiger partial charge >= 0.3 is 0 Å². The van der Waals surface area contributed by atoms with Crippen molar-refractivity contribution in [2.24, 2.45) is 0 Å². The summed E-state index contributed by atoms with van der Waals surface area (Å²) in [6, 6.07) is 14.4. The highest BCUT2D eigenvalue weighted by Gasteiger charge is 2.11. The summed E-state index contributed by atoms with van der Waals surface area (Å²) in [7, 11) is 3.07. The van der Waals surface area contributed by atoms with Gasteiger partial charge in [-0.1, -0.05) is 30.3 Å². The Morgan fingerprint density at radius 1 is 1.09 bits per heavy atom. The molecule has 0 spiro atoms. The van der Waals surface area contributed by atoms with Gasteiger partial charge < -0.3 is 19.9 Å². The number of hydrogen-bond acceptors (Lipinski definition) is 4. The number of nitrogens with one attached hydrogen (secondary N) is 1. The van der Waals surface area contributed by atoms with E-state index in [1.165, 1.54) is 14.2 Å². The van der Waals surface area contributed by atoms with Gasteiger partial charge in [0.2, 0.25) is 0 Å². The summed E-state index contributed by atoms with van der Waals surface area (Å²) in [6.45, 7) is 0.369. The number of aliphatic hydroxyl groups is 1. The first kappa shape index (κ1) is 16.8. The van der Waals surface area contributed by atoms with Crippen molar-refractivity contribution >= 4 is 5.91 Å². The lowest BCUT2D eigenvalue weighted by atomic mass is 10.1. The fourth-order valence-corrected chi connectivity index (χ4v) is 2.20. The summed E-state index contributed by atoms with van der Waals surface area (Å²) in [5.74, 6) is 0.875. The lowest BCUT2D eigenvalue weighted by molar-refractivity contribution is 0.0942. The Bertz CT molecular complexity index is 620. The van der Waals surface area contributed by atoms with Crippen LogP contribution in [0.2, 0.25) is 0 Å². The van der Waals surface area contributed by atoms with Gasteiger partial charge in [-0.25, -0.2) is 0 Å². The van der Waals surface area contributed by atoms with Crippen LogP contribution in [-0.2, 0) is 0 Å². The normalized spacial score (nSPS) is 11.6. The van der Waals surface area contributed by atoms with Gasteiger partial charge in [0.1, 0.15) is 11.5 Å². The molecule has 0 fully saturated rings. The zero-order chi connectivity index (χ0) is 16.7. The topological polar surface area (TPSA) is 67.8 Å². The molecule has 0 saturated heterocycles. The van der Waals surface area contributed by atoms with Crippen LogP contribution in [0.15, 0.2) is 48.5 Å². The van der Waals surface area contributed by atoms with Crippen LogP contribution in [0.25, 0.3) is 0 Å². The maximum Gasteiger partial charge on any atom is 0.251 e. The number of rotatable bonds is 7. The molecule has 1 atom stereocenters. The highest BCUT2D eigenvalue weighted by Crippen LogP contribution is 2.22. The van der Waals surface area contributed by atoms with Crippen LogP contribution < -0.4 is 14.8 Å². The van der Waals surface area contributed by atoms with Gasteiger partial charge in [0.15, 0.2) is 0 Å². The van der Waals surface area contributed by atoms with Crippen LogP contribution in [0.4, 0.5) is 0 Å². The number of benzene rings is 2. The number of ether oxygens (including phenoxy) is 2. The third kappa shape index (κ3) is 4.72. The molecule has 5 heteroatoms. The summed E-state index contributed by atoms with van der Waals surface area (Å²) in [4.78, 5) is 12.2. The van der Waals surface area contributed by atoms with Gasteiger partial charge in [0.25, 0.3) is 5.91 Å². The molecule has 1 unspecified atom stereocenters. The van der Waals surface area contributed by atoms with E-state index >= 15 is 0 Å². The SMILES string of the molecule is COc1cc(OC)cc(C(=O)NCCC(O)c2ccccc2)c1. The Morgan fingerprint density at radius 2 is 1.70 bits per heavy atom. The van der Waals surface area contributed by atoms with Crippen LogP contribution in [0.5, 0.6) is 11.5 Å². The van der Waals surface area contributed by atoms with E-state index in [1.807, 2.05) is 30.3 Å². The summed E-state index contributed by atoms with van der Waals surface area (Å²) in [5, 5.41) is 12.9. The Morgan fingerprint density at radius 3 is 2.26 bits per heavy atom. The van der Waals surface area contributed by atoms with Gasteiger partial charge in [-0.2, -0.15) is 0 Å². The van der Waals surface area contributed by atoms with E-state index < -0.39 is 6.10 Å². The molecule has 0 aliphatic rings. The van der Waals surface area contributed by atoms with Crippen LogP contribution in [0.3, 0.4) is 0 Å². The van der Waals surface area contributed by atoms with Crippen LogP contribution in [0.1, 0.15) is 28.4 Å². The van der Waals surface area contributed by atoms with E-state index in [0.717, 1.165) is 5.56 Å². The van der Waals surface area contributed by atoms with Gasteiger partial charge in [0, 0.05) is 18.2 Å². The summed E-state index contributed by atoms with van der Waals surface area (Å²) < 4.78 is 10.3. The monoisotopic (exact) mass is 315 g/mol. The highest BCUT2D eigenvalue weighted by molar-refractivity contribution is 5.95. The Hall–Kier alpha value is -2.53. The lowest BCUT2D eigenvalue weighted by Gasteiger charge is -2.12. The van der Waals surface area contributed by atoms with E-state index in [0.29, 0.717) is 30.0 Å². The number of amides is 1. The zero-order valence-corrected chi connectivity index (χ0v) is 13.3. The fourth-order valence-electron chi connectivity index (χ4n) is 2.20. The van der Waals surface area contributed by atoms with Crippen molar-refractivity contribution in [1.29, 1.82) is 0 Å². The average molecular weight is 315 g/mol. The number of methoxy groups -OCH3 is 2. The predicted octanol–water partition coefficient (Wildman–Crippen LogP) is 2.56. The first-order chi connectivity index (χ1) is 11.1. The van der Waals surface area contributed by atoms with Gasteiger partial charge in [-0.15, -0.1) is 0 Å². The van der Waals surface area contributed by atoms with E-state index in [4.69, 9.17) is 9.47 Å². The van der Waals surface area contributed by atoms with E-state index in [2.05, 4.69) is 5.32 Å². The van der Waals surface area contributed by atoms with E-state index in [1.54, 1.807) is 18.2 Å². The lowest BCUT2D eigenvalue weighted by Crippen LogP contribution is -2.25. The molecular weight excluding hydrogens is 294 g/mol. The summed E-state index contributed by atoms with van der Waals surface area (Å²) >= 11 is 0. The minimum Gasteiger partial charge on any atom is -0.497 e. The Labute approximate surface area is 135 Å². The first-order valence-electron chi connectivity index (χ1n) is 7.38. The van der Waals surface area contributed by atoms with Gasteiger partial charge in [0.05, 0.1) is 20.3 Å². The number of carbonyl (C=O) groups is 1. The third-order valence-corrected chi connectivity index (χ3v) is 3.50. The third-order valence-electron chi connectivity index (χ3n) is 3.50. The van der Waals surface area contributed by atoms with Crippen molar-refractivity contribution in [1.82, 2.24) is 5.32 Å². The second-order valence-electron chi connectivity index (χ2n) is 5.07. The van der Waals surface area contributed by atoms with Crippen LogP contribution in [0, 0.1) is 0 Å². The molecule has 0 aliphatic heterocycles. The second kappa shape index (κ2) is 8.19. The van der Waals surface area contributed by atoms with Gasteiger partial charge in [-0.05, 0) is 24.1 Å². The van der Waals surface area contributed by atoms with Crippen molar-refractivity contribution < 1.29 is 19.4 Å². The number of aliphatic hydroxyl groups excluding tert-OH is 1. The minimum atomic E-state index is -0.601. The molecule has 23 heavy (non-hydrogen) atoms. The molecule has 2 rings (SSSR count). The van der Waals surface area contributed by atoms with Crippen molar-refractivity contribution in [2.45, 2.75) is 12.5 Å². The smallest absolute Gasteiger partial charge is 0.251 e. The van der Waals surface area contributed by atoms with Crippen molar-refractivity contribution in [3.8, 4) is 11.5 Å². The van der Waals surface area contributed by atoms with Crippen molar-refractivity contribution in [3.63, 3.8) is 0 Å². The maximum atomic E-state index is 12.2. The molecule has 0 heterocycles. The molecule has 0 saturated carbocycles. The molecule has 0 radical (unpaired) electrons. The fraction of sp³-hybridized carbons (Fsp3) is 0.278. The molecule has 2 aromatic rings. The molecule has 2 N–H and O–H groups in total. The maximum absolute atomic E-state index is 12.2. The van der Waals surface area contributed by atoms with Crippen molar-refractivity contribution in [2.75, 3.05) is 20.8 Å². The standard InChI is InChI=1S/C18H21NO4/c1-22-15-10-14(11-16(12-15)23-2)18(21)19-9-8-17(20)13-6-4-3-5-7-13/h3-7,10-12,17,20H,8-9H2,1-2H3,(H,19,21). The van der Waals surface area contributed by atoms with Crippen LogP contribution >= 0.6 is 0 Å². The molecule has 1 amide bonds. The Kier molecular flexibility index (Phi) is 6.00. The molecule has 0 aromatic heterocycles. The predicted molar refractivity (Wildman–Crippen MR) is 87.9 cm³/mol. The summed E-state index contributed by atoms with van der Waals surface area (Å²) in [5.41, 5.74) is 1.29. The quantitative estimate of drug-likeness (QED) is 0.824. The number of carbonyl (C=O) groups excluding carboxylic acids is 1. The largest absolute Gasteiger partial charge is 0.497 e. The first-order valence-corrected chi connectivity index (χ1v) is 7.38.